The highest BCUT2D eigenvalue weighted by Gasteiger charge is 2.13. The van der Waals surface area contributed by atoms with E-state index in [4.69, 9.17) is 27.9 Å². The zero-order chi connectivity index (χ0) is 15.4. The Morgan fingerprint density at radius 2 is 2.00 bits per heavy atom. The van der Waals surface area contributed by atoms with Gasteiger partial charge in [0.25, 0.3) is 0 Å². The first-order chi connectivity index (χ1) is 10.0. The molecule has 0 aliphatic rings. The van der Waals surface area contributed by atoms with Crippen molar-refractivity contribution in [3.8, 4) is 5.75 Å². The molecule has 0 spiro atoms. The smallest absolute Gasteiger partial charge is 0.146 e. The van der Waals surface area contributed by atoms with Crippen molar-refractivity contribution < 1.29 is 14.2 Å². The summed E-state index contributed by atoms with van der Waals surface area (Å²) in [5.74, 6) is 0.0920. The Hall–Kier alpha value is -1.49. The number of rotatable bonds is 5. The van der Waals surface area contributed by atoms with E-state index in [0.717, 1.165) is 0 Å². The molecule has 112 valence electrons. The predicted octanol–water partition coefficient (Wildman–Crippen LogP) is 4.29. The minimum Gasteiger partial charge on any atom is -0.497 e. The zero-order valence-electron chi connectivity index (χ0n) is 11.2. The molecule has 0 aromatic heterocycles. The number of benzene rings is 2. The first-order valence-corrected chi connectivity index (χ1v) is 6.97. The number of hydrogen-bond acceptors (Lipinski definition) is 3. The van der Waals surface area contributed by atoms with Gasteiger partial charge in [-0.15, -0.1) is 0 Å². The summed E-state index contributed by atoms with van der Waals surface area (Å²) in [6.45, 7) is 0.0875. The van der Waals surface area contributed by atoms with Gasteiger partial charge in [-0.25, -0.2) is 4.39 Å². The van der Waals surface area contributed by atoms with Gasteiger partial charge in [0, 0.05) is 28.2 Å². The molecule has 0 saturated heterocycles. The first kappa shape index (κ1) is 15.9. The van der Waals surface area contributed by atoms with Crippen molar-refractivity contribution in [3.63, 3.8) is 0 Å². The van der Waals surface area contributed by atoms with Crippen LogP contribution in [0.15, 0.2) is 36.4 Å². The maximum absolute atomic E-state index is 13.7. The fourth-order valence-corrected chi connectivity index (χ4v) is 2.28. The lowest BCUT2D eigenvalue weighted by Crippen LogP contribution is -2.13. The molecule has 2 N–H and O–H groups in total. The van der Waals surface area contributed by atoms with Crippen LogP contribution in [0.5, 0.6) is 5.75 Å². The van der Waals surface area contributed by atoms with E-state index in [0.29, 0.717) is 21.4 Å². The predicted molar refractivity (Wildman–Crippen MR) is 82.9 cm³/mol. The number of nitrogens with one attached hydrogen (secondary N) is 1. The van der Waals surface area contributed by atoms with E-state index in [1.807, 2.05) is 0 Å². The van der Waals surface area contributed by atoms with E-state index >= 15 is 0 Å². The second-order valence-corrected chi connectivity index (χ2v) is 5.25. The van der Waals surface area contributed by atoms with Crippen molar-refractivity contribution in [1.82, 2.24) is 0 Å². The van der Waals surface area contributed by atoms with E-state index in [1.54, 1.807) is 18.2 Å². The Morgan fingerprint density at radius 1 is 1.24 bits per heavy atom. The molecular formula is C15H14Cl2FNO2. The molecule has 0 saturated carbocycles. The van der Waals surface area contributed by atoms with Crippen molar-refractivity contribution in [2.45, 2.75) is 6.10 Å². The summed E-state index contributed by atoms with van der Waals surface area (Å²) in [4.78, 5) is 0. The number of ether oxygens (including phenoxy) is 1. The van der Waals surface area contributed by atoms with Crippen LogP contribution in [0.25, 0.3) is 0 Å². The summed E-state index contributed by atoms with van der Waals surface area (Å²) in [6, 6.07) is 9.15. The molecule has 2 aromatic carbocycles. The molecule has 0 heterocycles. The van der Waals surface area contributed by atoms with E-state index in [1.165, 1.54) is 25.3 Å². The van der Waals surface area contributed by atoms with Gasteiger partial charge in [-0.2, -0.15) is 0 Å². The molecule has 21 heavy (non-hydrogen) atoms. The number of anilines is 1. The largest absolute Gasteiger partial charge is 0.497 e. The van der Waals surface area contributed by atoms with Crippen LogP contribution in [0.3, 0.4) is 0 Å². The molecule has 2 rings (SSSR count). The molecule has 3 nitrogen and oxygen atoms in total. The van der Waals surface area contributed by atoms with Gasteiger partial charge < -0.3 is 15.2 Å². The van der Waals surface area contributed by atoms with Crippen molar-refractivity contribution in [1.29, 1.82) is 0 Å². The summed E-state index contributed by atoms with van der Waals surface area (Å²) in [6.07, 6.45) is -0.915. The van der Waals surface area contributed by atoms with Crippen LogP contribution in [0.1, 0.15) is 11.7 Å². The SMILES string of the molecule is COc1ccc(F)c(NCC(O)c2cc(Cl)ccc2Cl)c1. The van der Waals surface area contributed by atoms with Gasteiger partial charge in [0.1, 0.15) is 11.6 Å². The van der Waals surface area contributed by atoms with Gasteiger partial charge in [-0.05, 0) is 30.3 Å². The van der Waals surface area contributed by atoms with Gasteiger partial charge in [-0.3, -0.25) is 0 Å². The number of halogens is 3. The van der Waals surface area contributed by atoms with Crippen LogP contribution in [0.4, 0.5) is 10.1 Å². The van der Waals surface area contributed by atoms with E-state index in [2.05, 4.69) is 5.32 Å². The molecule has 0 bridgehead atoms. The minimum absolute atomic E-state index is 0.0875. The number of hydrogen-bond donors (Lipinski definition) is 2. The summed E-state index contributed by atoms with van der Waals surface area (Å²) < 4.78 is 18.7. The molecule has 0 fully saturated rings. The third kappa shape index (κ3) is 4.00. The Balaban J connectivity index is 2.10. The van der Waals surface area contributed by atoms with Crippen LogP contribution in [-0.4, -0.2) is 18.8 Å². The third-order valence-electron chi connectivity index (χ3n) is 2.98. The lowest BCUT2D eigenvalue weighted by Gasteiger charge is -2.15. The number of methoxy groups -OCH3 is 1. The summed E-state index contributed by atoms with van der Waals surface area (Å²) >= 11 is 11.9. The second kappa shape index (κ2) is 6.98. The standard InChI is InChI=1S/C15H14Cl2FNO2/c1-21-10-3-5-13(18)14(7-10)19-8-15(20)11-6-9(16)2-4-12(11)17/h2-7,15,19-20H,8H2,1H3. The van der Waals surface area contributed by atoms with Gasteiger partial charge in [0.2, 0.25) is 0 Å². The normalized spacial score (nSPS) is 12.0. The molecule has 0 aliphatic heterocycles. The maximum atomic E-state index is 13.7. The highest BCUT2D eigenvalue weighted by Crippen LogP contribution is 2.27. The fourth-order valence-electron chi connectivity index (χ4n) is 1.85. The molecule has 2 aromatic rings. The average Bonchev–Trinajstić information content (AvgIpc) is 2.48. The highest BCUT2D eigenvalue weighted by molar-refractivity contribution is 6.33. The lowest BCUT2D eigenvalue weighted by atomic mass is 10.1. The Kier molecular flexibility index (Phi) is 5.28. The van der Waals surface area contributed by atoms with Crippen LogP contribution >= 0.6 is 23.2 Å². The Morgan fingerprint density at radius 3 is 2.71 bits per heavy atom. The zero-order valence-corrected chi connectivity index (χ0v) is 12.7. The number of aliphatic hydroxyl groups is 1. The van der Waals surface area contributed by atoms with Gasteiger partial charge in [0.15, 0.2) is 0 Å². The molecule has 0 radical (unpaired) electrons. The molecular weight excluding hydrogens is 316 g/mol. The van der Waals surface area contributed by atoms with Crippen LogP contribution < -0.4 is 10.1 Å². The van der Waals surface area contributed by atoms with E-state index in [9.17, 15) is 9.50 Å². The van der Waals surface area contributed by atoms with E-state index in [-0.39, 0.29) is 12.2 Å². The first-order valence-electron chi connectivity index (χ1n) is 6.21. The van der Waals surface area contributed by atoms with Crippen LogP contribution in [0.2, 0.25) is 10.0 Å². The van der Waals surface area contributed by atoms with Crippen molar-refractivity contribution in [2.75, 3.05) is 19.0 Å². The third-order valence-corrected chi connectivity index (χ3v) is 3.56. The summed E-state index contributed by atoms with van der Waals surface area (Å²) in [5.41, 5.74) is 0.728. The highest BCUT2D eigenvalue weighted by atomic mass is 35.5. The van der Waals surface area contributed by atoms with Crippen molar-refractivity contribution >= 4 is 28.9 Å². The van der Waals surface area contributed by atoms with Gasteiger partial charge in [0.05, 0.1) is 18.9 Å². The van der Waals surface area contributed by atoms with Gasteiger partial charge >= 0.3 is 0 Å². The molecule has 1 unspecified atom stereocenters. The summed E-state index contributed by atoms with van der Waals surface area (Å²) in [5, 5.41) is 13.8. The molecule has 6 heteroatoms. The molecule has 1 atom stereocenters. The summed E-state index contributed by atoms with van der Waals surface area (Å²) in [7, 11) is 1.50. The van der Waals surface area contributed by atoms with E-state index < -0.39 is 11.9 Å². The van der Waals surface area contributed by atoms with Crippen molar-refractivity contribution in [2.24, 2.45) is 0 Å². The average molecular weight is 330 g/mol. The lowest BCUT2D eigenvalue weighted by molar-refractivity contribution is 0.191. The Labute approximate surface area is 132 Å². The molecule has 0 amide bonds. The van der Waals surface area contributed by atoms with Crippen LogP contribution in [-0.2, 0) is 0 Å². The van der Waals surface area contributed by atoms with Gasteiger partial charge in [-0.1, -0.05) is 23.2 Å². The molecule has 0 aliphatic carbocycles. The Bertz CT molecular complexity index is 637. The monoisotopic (exact) mass is 329 g/mol. The fraction of sp³-hybridized carbons (Fsp3) is 0.200. The number of aliphatic hydroxyl groups excluding tert-OH is 1. The minimum atomic E-state index is -0.915. The maximum Gasteiger partial charge on any atom is 0.146 e. The van der Waals surface area contributed by atoms with Crippen LogP contribution in [0, 0.1) is 5.82 Å². The van der Waals surface area contributed by atoms with Crippen molar-refractivity contribution in [3.05, 3.63) is 57.8 Å². The second-order valence-electron chi connectivity index (χ2n) is 4.41. The quantitative estimate of drug-likeness (QED) is 0.859. The topological polar surface area (TPSA) is 41.5 Å².